The van der Waals surface area contributed by atoms with Crippen molar-refractivity contribution in [3.8, 4) is 11.1 Å². The Morgan fingerprint density at radius 2 is 1.71 bits per heavy atom. The quantitative estimate of drug-likeness (QED) is 0.497. The van der Waals surface area contributed by atoms with E-state index in [1.54, 1.807) is 0 Å². The third kappa shape index (κ3) is 3.78. The molecule has 0 unspecified atom stereocenters. The Morgan fingerprint density at radius 3 is 2.50 bits per heavy atom. The van der Waals surface area contributed by atoms with Gasteiger partial charge in [0.05, 0.1) is 5.02 Å². The van der Waals surface area contributed by atoms with E-state index in [4.69, 9.17) is 11.6 Å². The van der Waals surface area contributed by atoms with E-state index in [-0.39, 0.29) is 0 Å². The number of aromatic nitrogens is 3. The molecule has 4 heteroatoms. The van der Waals surface area contributed by atoms with Crippen LogP contribution in [-0.4, -0.2) is 15.4 Å². The van der Waals surface area contributed by atoms with Crippen molar-refractivity contribution in [2.75, 3.05) is 0 Å². The summed E-state index contributed by atoms with van der Waals surface area (Å²) >= 11 is 6.76. The highest BCUT2D eigenvalue weighted by molar-refractivity contribution is 6.35. The monoisotopic (exact) mass is 341 g/mol. The molecule has 1 N–H and O–H groups in total. The van der Waals surface area contributed by atoms with Crippen molar-refractivity contribution in [1.82, 2.24) is 15.4 Å². The number of benzene rings is 2. The predicted octanol–water partition coefficient (Wildman–Crippen LogP) is 6.18. The van der Waals surface area contributed by atoms with Crippen LogP contribution in [0.15, 0.2) is 36.4 Å². The van der Waals surface area contributed by atoms with Crippen LogP contribution in [0.2, 0.25) is 5.02 Å². The maximum absolute atomic E-state index is 6.76. The molecule has 0 bridgehead atoms. The van der Waals surface area contributed by atoms with Crippen LogP contribution in [0.1, 0.15) is 51.0 Å². The van der Waals surface area contributed by atoms with Gasteiger partial charge < -0.3 is 0 Å². The lowest BCUT2D eigenvalue weighted by atomic mass is 9.98. The van der Waals surface area contributed by atoms with Crippen LogP contribution in [-0.2, 0) is 6.42 Å². The van der Waals surface area contributed by atoms with E-state index in [2.05, 4.69) is 40.5 Å². The van der Waals surface area contributed by atoms with E-state index in [0.29, 0.717) is 0 Å². The number of fused-ring (bicyclic) bond motifs is 1. The van der Waals surface area contributed by atoms with Crippen LogP contribution in [0.5, 0.6) is 0 Å². The van der Waals surface area contributed by atoms with E-state index < -0.39 is 0 Å². The molecule has 126 valence electrons. The lowest BCUT2D eigenvalue weighted by Gasteiger charge is -2.11. The zero-order valence-electron chi connectivity index (χ0n) is 14.2. The van der Waals surface area contributed by atoms with Gasteiger partial charge in [0.15, 0.2) is 0 Å². The molecule has 0 spiro atoms. The molecule has 0 radical (unpaired) electrons. The summed E-state index contributed by atoms with van der Waals surface area (Å²) in [7, 11) is 0. The van der Waals surface area contributed by atoms with Crippen molar-refractivity contribution in [2.24, 2.45) is 0 Å². The van der Waals surface area contributed by atoms with Gasteiger partial charge in [-0.2, -0.15) is 15.4 Å². The Bertz CT molecular complexity index is 780. The molecule has 2 aromatic carbocycles. The summed E-state index contributed by atoms with van der Waals surface area (Å²) in [6.07, 6.45) is 8.69. The number of H-pyrrole nitrogens is 1. The number of unbranched alkanes of at least 4 members (excludes halogenated alkanes) is 5. The minimum atomic E-state index is 0.816. The Kier molecular flexibility index (Phi) is 5.86. The van der Waals surface area contributed by atoms with Crippen molar-refractivity contribution in [3.63, 3.8) is 0 Å². The molecule has 0 saturated carbocycles. The van der Waals surface area contributed by atoms with Crippen molar-refractivity contribution < 1.29 is 0 Å². The summed E-state index contributed by atoms with van der Waals surface area (Å²) in [6, 6.07) is 12.3. The fourth-order valence-electron chi connectivity index (χ4n) is 3.16. The van der Waals surface area contributed by atoms with E-state index >= 15 is 0 Å². The average molecular weight is 342 g/mol. The van der Waals surface area contributed by atoms with Crippen LogP contribution >= 0.6 is 11.6 Å². The van der Waals surface area contributed by atoms with E-state index in [0.717, 1.165) is 33.6 Å². The van der Waals surface area contributed by atoms with Crippen LogP contribution in [0.4, 0.5) is 0 Å². The molecular formula is C20H24ClN3. The van der Waals surface area contributed by atoms with Crippen molar-refractivity contribution in [3.05, 3.63) is 47.0 Å². The van der Waals surface area contributed by atoms with Gasteiger partial charge in [-0.25, -0.2) is 0 Å². The molecule has 0 fully saturated rings. The fourth-order valence-corrected chi connectivity index (χ4v) is 3.51. The molecule has 3 aromatic rings. The molecule has 0 amide bonds. The molecule has 0 aliphatic carbocycles. The fraction of sp³-hybridized carbons (Fsp3) is 0.400. The van der Waals surface area contributed by atoms with Crippen LogP contribution in [0.3, 0.4) is 0 Å². The summed E-state index contributed by atoms with van der Waals surface area (Å²) in [5.74, 6) is 0. The predicted molar refractivity (Wildman–Crippen MR) is 101 cm³/mol. The minimum absolute atomic E-state index is 0.816. The largest absolute Gasteiger partial charge is 0.197 e. The van der Waals surface area contributed by atoms with Crippen LogP contribution in [0, 0.1) is 0 Å². The minimum Gasteiger partial charge on any atom is -0.197 e. The number of hydrogen-bond donors (Lipinski definition) is 1. The van der Waals surface area contributed by atoms with Gasteiger partial charge in [0.1, 0.15) is 11.0 Å². The summed E-state index contributed by atoms with van der Waals surface area (Å²) in [4.78, 5) is 0. The molecule has 1 aromatic heterocycles. The molecule has 0 aliphatic heterocycles. The standard InChI is InChI=1S/C20H24ClN3/c1-2-3-4-5-6-8-13-16-14-17-20(23-24-22-17)18(19(16)21)15-11-9-7-10-12-15/h7,9-12,14H,2-6,8,13H2,1H3,(H,22,23,24). The summed E-state index contributed by atoms with van der Waals surface area (Å²) in [6.45, 7) is 2.25. The number of aryl methyl sites for hydroxylation is 1. The zero-order chi connectivity index (χ0) is 16.8. The van der Waals surface area contributed by atoms with Crippen molar-refractivity contribution in [2.45, 2.75) is 51.9 Å². The smallest absolute Gasteiger partial charge is 0.122 e. The maximum atomic E-state index is 6.76. The van der Waals surface area contributed by atoms with Crippen LogP contribution in [0.25, 0.3) is 22.2 Å². The topological polar surface area (TPSA) is 41.6 Å². The highest BCUT2D eigenvalue weighted by Crippen LogP contribution is 2.36. The van der Waals surface area contributed by atoms with Gasteiger partial charge in [-0.3, -0.25) is 0 Å². The first-order valence-corrected chi connectivity index (χ1v) is 9.26. The first-order chi connectivity index (χ1) is 11.8. The van der Waals surface area contributed by atoms with Gasteiger partial charge >= 0.3 is 0 Å². The highest BCUT2D eigenvalue weighted by Gasteiger charge is 2.16. The summed E-state index contributed by atoms with van der Waals surface area (Å²) in [5.41, 5.74) is 4.99. The van der Waals surface area contributed by atoms with E-state index in [1.807, 2.05) is 18.2 Å². The zero-order valence-corrected chi connectivity index (χ0v) is 14.9. The van der Waals surface area contributed by atoms with E-state index in [9.17, 15) is 0 Å². The Balaban J connectivity index is 1.83. The van der Waals surface area contributed by atoms with Gasteiger partial charge in [0.2, 0.25) is 0 Å². The molecule has 0 saturated heterocycles. The van der Waals surface area contributed by atoms with E-state index in [1.165, 1.54) is 44.1 Å². The average Bonchev–Trinajstić information content (AvgIpc) is 3.07. The molecule has 3 rings (SSSR count). The van der Waals surface area contributed by atoms with Gasteiger partial charge in [-0.05, 0) is 30.0 Å². The third-order valence-corrected chi connectivity index (χ3v) is 4.92. The maximum Gasteiger partial charge on any atom is 0.122 e. The van der Waals surface area contributed by atoms with Gasteiger partial charge in [-0.15, -0.1) is 0 Å². The molecular weight excluding hydrogens is 318 g/mol. The normalized spacial score (nSPS) is 11.2. The second-order valence-corrected chi connectivity index (χ2v) is 6.68. The first-order valence-electron chi connectivity index (χ1n) is 8.88. The SMILES string of the molecule is CCCCCCCCc1cc2n[nH]nc2c(-c2ccccc2)c1Cl. The van der Waals surface area contributed by atoms with Crippen molar-refractivity contribution >= 4 is 22.6 Å². The summed E-state index contributed by atoms with van der Waals surface area (Å²) in [5, 5.41) is 12.1. The number of hydrogen-bond acceptors (Lipinski definition) is 2. The Hall–Kier alpha value is -1.87. The molecule has 1 heterocycles. The molecule has 0 aliphatic rings. The number of halogens is 1. The Labute approximate surface area is 148 Å². The third-order valence-electron chi connectivity index (χ3n) is 4.49. The van der Waals surface area contributed by atoms with Gasteiger partial charge in [0.25, 0.3) is 0 Å². The van der Waals surface area contributed by atoms with Gasteiger partial charge in [0, 0.05) is 5.56 Å². The number of nitrogens with one attached hydrogen (secondary N) is 1. The lowest BCUT2D eigenvalue weighted by molar-refractivity contribution is 0.607. The molecule has 0 atom stereocenters. The Morgan fingerprint density at radius 1 is 0.958 bits per heavy atom. The molecule has 24 heavy (non-hydrogen) atoms. The lowest BCUT2D eigenvalue weighted by Crippen LogP contribution is -1.92. The van der Waals surface area contributed by atoms with Crippen molar-refractivity contribution in [1.29, 1.82) is 0 Å². The number of aromatic amines is 1. The van der Waals surface area contributed by atoms with Gasteiger partial charge in [-0.1, -0.05) is 81.0 Å². The molecule has 3 nitrogen and oxygen atoms in total. The highest BCUT2D eigenvalue weighted by atomic mass is 35.5. The second kappa shape index (κ2) is 8.29. The number of nitrogens with zero attached hydrogens (tertiary/aromatic N) is 2. The van der Waals surface area contributed by atoms with Crippen LogP contribution < -0.4 is 0 Å². The summed E-state index contributed by atoms with van der Waals surface area (Å²) < 4.78 is 0. The second-order valence-electron chi connectivity index (χ2n) is 6.30. The first kappa shape index (κ1) is 17.0. The number of rotatable bonds is 8.